The number of hydrogen-bond donors (Lipinski definition) is 1. The van der Waals surface area contributed by atoms with Crippen LogP contribution in [0.15, 0.2) is 91.0 Å². The first-order chi connectivity index (χ1) is 14.9. The molecule has 0 aliphatic carbocycles. The molecule has 156 valence electrons. The van der Waals surface area contributed by atoms with Gasteiger partial charge in [0.25, 0.3) is 0 Å². The summed E-state index contributed by atoms with van der Waals surface area (Å²) in [5, 5.41) is 3.54. The Balaban J connectivity index is 1.35. The number of nitrogens with one attached hydrogen (secondary N) is 1. The van der Waals surface area contributed by atoms with E-state index in [2.05, 4.69) is 41.7 Å². The molecule has 1 saturated heterocycles. The maximum atomic E-state index is 6.34. The highest BCUT2D eigenvalue weighted by Crippen LogP contribution is 2.20. The van der Waals surface area contributed by atoms with Crippen LogP contribution in [-0.2, 0) is 34.0 Å². The van der Waals surface area contributed by atoms with Crippen LogP contribution in [0.4, 0.5) is 0 Å². The normalized spacial score (nSPS) is 21.0. The molecule has 3 aromatic rings. The van der Waals surface area contributed by atoms with Gasteiger partial charge in [-0.25, -0.2) is 0 Å². The summed E-state index contributed by atoms with van der Waals surface area (Å²) in [6, 6.07) is 30.9. The van der Waals surface area contributed by atoms with E-state index >= 15 is 0 Å². The monoisotopic (exact) mass is 403 g/mol. The molecule has 1 aliphatic heterocycles. The zero-order valence-electron chi connectivity index (χ0n) is 17.2. The molecule has 0 unspecified atom stereocenters. The summed E-state index contributed by atoms with van der Waals surface area (Å²) in [6.07, 6.45) is -0.0797. The molecule has 3 atom stereocenters. The Morgan fingerprint density at radius 3 is 1.70 bits per heavy atom. The molecular weight excluding hydrogens is 374 g/mol. The van der Waals surface area contributed by atoms with Crippen molar-refractivity contribution in [1.82, 2.24) is 5.32 Å². The number of hydrogen-bond acceptors (Lipinski definition) is 4. The largest absolute Gasteiger partial charge is 0.375 e. The van der Waals surface area contributed by atoms with Gasteiger partial charge in [-0.2, -0.15) is 0 Å². The van der Waals surface area contributed by atoms with Crippen molar-refractivity contribution in [3.63, 3.8) is 0 Å². The average Bonchev–Trinajstić information content (AvgIpc) is 3.20. The van der Waals surface area contributed by atoms with Crippen molar-refractivity contribution in [2.75, 3.05) is 13.2 Å². The molecule has 0 saturated carbocycles. The Labute approximate surface area is 178 Å². The van der Waals surface area contributed by atoms with Crippen molar-refractivity contribution in [1.29, 1.82) is 0 Å². The second-order valence-corrected chi connectivity index (χ2v) is 7.61. The third-order valence-corrected chi connectivity index (χ3v) is 5.35. The first-order valence-corrected chi connectivity index (χ1v) is 10.5. The summed E-state index contributed by atoms with van der Waals surface area (Å²) < 4.78 is 18.6. The van der Waals surface area contributed by atoms with Gasteiger partial charge in [0.15, 0.2) is 0 Å². The molecule has 1 fully saturated rings. The number of benzene rings is 3. The summed E-state index contributed by atoms with van der Waals surface area (Å²) >= 11 is 0. The third-order valence-electron chi connectivity index (χ3n) is 5.35. The lowest BCUT2D eigenvalue weighted by Crippen LogP contribution is -2.39. The topological polar surface area (TPSA) is 39.7 Å². The molecule has 3 aromatic carbocycles. The minimum absolute atomic E-state index is 0.0146. The van der Waals surface area contributed by atoms with E-state index in [0.29, 0.717) is 26.4 Å². The standard InChI is InChI=1S/C26H29NO3/c1-4-10-21(11-5-1)17-28-20-24-26(30-19-23-14-8-3-9-15-23)25(16-27-24)29-18-22-12-6-2-7-13-22/h1-15,24-27H,16-20H2/t24-,25+,26+/m0/s1. The van der Waals surface area contributed by atoms with Crippen LogP contribution in [0, 0.1) is 0 Å². The molecule has 4 rings (SSSR count). The van der Waals surface area contributed by atoms with Crippen LogP contribution < -0.4 is 5.32 Å². The van der Waals surface area contributed by atoms with Crippen molar-refractivity contribution in [3.05, 3.63) is 108 Å². The fraction of sp³-hybridized carbons (Fsp3) is 0.308. The molecule has 4 nitrogen and oxygen atoms in total. The van der Waals surface area contributed by atoms with Gasteiger partial charge in [-0.05, 0) is 16.7 Å². The van der Waals surface area contributed by atoms with E-state index in [4.69, 9.17) is 14.2 Å². The second-order valence-electron chi connectivity index (χ2n) is 7.61. The van der Waals surface area contributed by atoms with Crippen molar-refractivity contribution < 1.29 is 14.2 Å². The van der Waals surface area contributed by atoms with Gasteiger partial charge >= 0.3 is 0 Å². The summed E-state index contributed by atoms with van der Waals surface area (Å²) in [6.45, 7) is 3.08. The van der Waals surface area contributed by atoms with Crippen LogP contribution in [0.25, 0.3) is 0 Å². The first kappa shape index (κ1) is 20.8. The lowest BCUT2D eigenvalue weighted by atomic mass is 10.1. The zero-order chi connectivity index (χ0) is 20.4. The van der Waals surface area contributed by atoms with Crippen LogP contribution in [0.5, 0.6) is 0 Å². The van der Waals surface area contributed by atoms with Gasteiger partial charge in [0.05, 0.1) is 38.6 Å². The van der Waals surface area contributed by atoms with E-state index in [1.165, 1.54) is 11.1 Å². The molecule has 1 N–H and O–H groups in total. The molecule has 0 radical (unpaired) electrons. The fourth-order valence-corrected chi connectivity index (χ4v) is 3.71. The molecule has 0 amide bonds. The lowest BCUT2D eigenvalue weighted by molar-refractivity contribution is -0.0786. The van der Waals surface area contributed by atoms with Crippen LogP contribution in [-0.4, -0.2) is 31.4 Å². The molecule has 1 heterocycles. The minimum Gasteiger partial charge on any atom is -0.375 e. The van der Waals surface area contributed by atoms with Gasteiger partial charge in [-0.3, -0.25) is 0 Å². The SMILES string of the molecule is c1ccc(COC[C@@H]2NC[C@@H](OCc3ccccc3)[C@@H]2OCc2ccccc2)cc1. The first-order valence-electron chi connectivity index (χ1n) is 10.5. The van der Waals surface area contributed by atoms with Gasteiger partial charge in [0.2, 0.25) is 0 Å². The molecule has 30 heavy (non-hydrogen) atoms. The molecule has 0 bridgehead atoms. The summed E-state index contributed by atoms with van der Waals surface area (Å²) in [5.74, 6) is 0. The van der Waals surface area contributed by atoms with Crippen molar-refractivity contribution in [2.45, 2.75) is 38.1 Å². The maximum absolute atomic E-state index is 6.34. The summed E-state index contributed by atoms with van der Waals surface area (Å²) in [4.78, 5) is 0. The molecular formula is C26H29NO3. The van der Waals surface area contributed by atoms with Gasteiger partial charge in [0.1, 0.15) is 6.10 Å². The Morgan fingerprint density at radius 2 is 1.13 bits per heavy atom. The second kappa shape index (κ2) is 11.0. The minimum atomic E-state index is -0.0651. The van der Waals surface area contributed by atoms with Crippen LogP contribution in [0.3, 0.4) is 0 Å². The molecule has 0 aromatic heterocycles. The van der Waals surface area contributed by atoms with Crippen molar-refractivity contribution in [3.8, 4) is 0 Å². The Kier molecular flexibility index (Phi) is 7.64. The van der Waals surface area contributed by atoms with Crippen LogP contribution >= 0.6 is 0 Å². The Hall–Kier alpha value is -2.50. The van der Waals surface area contributed by atoms with Crippen LogP contribution in [0.2, 0.25) is 0 Å². The van der Waals surface area contributed by atoms with E-state index in [0.717, 1.165) is 12.1 Å². The summed E-state index contributed by atoms with van der Waals surface area (Å²) in [7, 11) is 0. The Morgan fingerprint density at radius 1 is 0.633 bits per heavy atom. The highest BCUT2D eigenvalue weighted by atomic mass is 16.5. The zero-order valence-corrected chi connectivity index (χ0v) is 17.2. The lowest BCUT2D eigenvalue weighted by Gasteiger charge is -2.25. The van der Waals surface area contributed by atoms with Crippen LogP contribution in [0.1, 0.15) is 16.7 Å². The van der Waals surface area contributed by atoms with E-state index in [-0.39, 0.29) is 18.2 Å². The molecule has 4 heteroatoms. The smallest absolute Gasteiger partial charge is 0.103 e. The molecule has 0 spiro atoms. The van der Waals surface area contributed by atoms with Gasteiger partial charge in [0, 0.05) is 6.54 Å². The number of ether oxygens (including phenoxy) is 3. The quantitative estimate of drug-likeness (QED) is 0.546. The predicted octanol–water partition coefficient (Wildman–Crippen LogP) is 4.35. The fourth-order valence-electron chi connectivity index (χ4n) is 3.71. The highest BCUT2D eigenvalue weighted by molar-refractivity contribution is 5.15. The summed E-state index contributed by atoms with van der Waals surface area (Å²) in [5.41, 5.74) is 3.51. The molecule has 1 aliphatic rings. The van der Waals surface area contributed by atoms with E-state index in [9.17, 15) is 0 Å². The van der Waals surface area contributed by atoms with Gasteiger partial charge in [-0.15, -0.1) is 0 Å². The third kappa shape index (κ3) is 6.00. The average molecular weight is 404 g/mol. The maximum Gasteiger partial charge on any atom is 0.103 e. The predicted molar refractivity (Wildman–Crippen MR) is 118 cm³/mol. The van der Waals surface area contributed by atoms with Gasteiger partial charge < -0.3 is 19.5 Å². The highest BCUT2D eigenvalue weighted by Gasteiger charge is 2.37. The number of rotatable bonds is 10. The van der Waals surface area contributed by atoms with Crippen molar-refractivity contribution >= 4 is 0 Å². The Bertz CT molecular complexity index is 857. The van der Waals surface area contributed by atoms with E-state index in [1.807, 2.05) is 54.6 Å². The van der Waals surface area contributed by atoms with E-state index < -0.39 is 0 Å². The van der Waals surface area contributed by atoms with Crippen molar-refractivity contribution in [2.24, 2.45) is 0 Å². The van der Waals surface area contributed by atoms with E-state index in [1.54, 1.807) is 0 Å². The van der Waals surface area contributed by atoms with Gasteiger partial charge in [-0.1, -0.05) is 91.0 Å².